The van der Waals surface area contributed by atoms with Crippen molar-refractivity contribution in [1.82, 2.24) is 4.31 Å². The molecule has 0 fully saturated rings. The summed E-state index contributed by atoms with van der Waals surface area (Å²) < 4.78 is 241. The highest BCUT2D eigenvalue weighted by Crippen LogP contribution is 2.64. The summed E-state index contributed by atoms with van der Waals surface area (Å²) in [6.45, 7) is -1.11. The van der Waals surface area contributed by atoms with Crippen LogP contribution in [0.1, 0.15) is 12.8 Å². The van der Waals surface area contributed by atoms with E-state index in [1.54, 1.807) is 0 Å². The molecule has 1 unspecified atom stereocenters. The summed E-state index contributed by atoms with van der Waals surface area (Å²) in [5.41, 5.74) is 0. The highest BCUT2D eigenvalue weighted by molar-refractivity contribution is 7.76. The Hall–Kier alpha value is -1.12. The van der Waals surface area contributed by atoms with E-state index in [0.717, 1.165) is 0 Å². The summed E-state index contributed by atoms with van der Waals surface area (Å²) in [7, 11) is 0.665. The standard InChI is InChI=1S/C12H10F17NO2S/c1-30(33(31)32)4-2-3-5(13,14)6(15,16)7(17,18)8(19,20)9(21,22)10(23,24)11(25,26)12(27,28)29/h2-4H2,1H3,(H,31,32). The van der Waals surface area contributed by atoms with Gasteiger partial charge in [-0.15, -0.1) is 0 Å². The number of alkyl halides is 17. The van der Waals surface area contributed by atoms with Crippen molar-refractivity contribution in [2.45, 2.75) is 60.5 Å². The first-order valence-electron chi connectivity index (χ1n) is 7.61. The van der Waals surface area contributed by atoms with Gasteiger partial charge in [0.2, 0.25) is 11.3 Å². The van der Waals surface area contributed by atoms with E-state index in [4.69, 9.17) is 4.55 Å². The summed E-state index contributed by atoms with van der Waals surface area (Å²) in [5, 5.41) is 0. The van der Waals surface area contributed by atoms with Gasteiger partial charge in [0.25, 0.3) is 0 Å². The van der Waals surface area contributed by atoms with Gasteiger partial charge >= 0.3 is 47.6 Å². The van der Waals surface area contributed by atoms with E-state index in [2.05, 4.69) is 0 Å². The normalized spacial score (nSPS) is 17.0. The van der Waals surface area contributed by atoms with Crippen molar-refractivity contribution in [3.8, 4) is 0 Å². The predicted octanol–water partition coefficient (Wildman–Crippen LogP) is 5.84. The summed E-state index contributed by atoms with van der Waals surface area (Å²) in [6.07, 6.45) is -11.9. The van der Waals surface area contributed by atoms with Gasteiger partial charge in [-0.2, -0.15) is 74.6 Å². The predicted molar refractivity (Wildman–Crippen MR) is 73.3 cm³/mol. The highest BCUT2D eigenvalue weighted by atomic mass is 32.2. The maximum atomic E-state index is 13.5. The molecule has 0 rings (SSSR count). The molecule has 0 amide bonds. The summed E-state index contributed by atoms with van der Waals surface area (Å²) in [4.78, 5) is 0. The van der Waals surface area contributed by atoms with E-state index in [0.29, 0.717) is 7.05 Å². The molecule has 0 aromatic carbocycles. The van der Waals surface area contributed by atoms with Gasteiger partial charge in [0.1, 0.15) is 0 Å². The van der Waals surface area contributed by atoms with Gasteiger partial charge in [-0.05, 0) is 6.42 Å². The molecular weight excluding hydrogens is 545 g/mol. The van der Waals surface area contributed by atoms with Gasteiger partial charge in [0, 0.05) is 20.0 Å². The first kappa shape index (κ1) is 31.9. The Morgan fingerprint density at radius 3 is 1.21 bits per heavy atom. The van der Waals surface area contributed by atoms with E-state index in [1.165, 1.54) is 0 Å². The van der Waals surface area contributed by atoms with E-state index >= 15 is 0 Å². The van der Waals surface area contributed by atoms with Gasteiger partial charge in [-0.3, -0.25) is 4.55 Å². The number of hydrogen-bond donors (Lipinski definition) is 1. The minimum Gasteiger partial charge on any atom is -0.294 e. The van der Waals surface area contributed by atoms with Crippen molar-refractivity contribution in [2.24, 2.45) is 0 Å². The minimum atomic E-state index is -8.66. The van der Waals surface area contributed by atoms with Gasteiger partial charge in [-0.25, -0.2) is 8.51 Å². The number of rotatable bonds is 11. The van der Waals surface area contributed by atoms with E-state index < -0.39 is 78.3 Å². The quantitative estimate of drug-likeness (QED) is 0.257. The van der Waals surface area contributed by atoms with Crippen LogP contribution in [0.5, 0.6) is 0 Å². The van der Waals surface area contributed by atoms with Crippen LogP contribution in [-0.2, 0) is 11.3 Å². The van der Waals surface area contributed by atoms with Gasteiger partial charge < -0.3 is 0 Å². The maximum absolute atomic E-state index is 13.5. The molecule has 0 aromatic heterocycles. The molecule has 0 aliphatic heterocycles. The lowest BCUT2D eigenvalue weighted by atomic mass is 9.88. The molecule has 0 aliphatic rings. The zero-order chi connectivity index (χ0) is 27.3. The molecule has 0 heterocycles. The highest BCUT2D eigenvalue weighted by Gasteiger charge is 2.95. The first-order valence-corrected chi connectivity index (χ1v) is 8.68. The fraction of sp³-hybridized carbons (Fsp3) is 1.00. The van der Waals surface area contributed by atoms with E-state index in [9.17, 15) is 78.8 Å². The molecule has 3 nitrogen and oxygen atoms in total. The van der Waals surface area contributed by atoms with E-state index in [1.807, 2.05) is 0 Å². The molecule has 33 heavy (non-hydrogen) atoms. The van der Waals surface area contributed by atoms with Crippen LogP contribution in [0.25, 0.3) is 0 Å². The fourth-order valence-electron chi connectivity index (χ4n) is 1.96. The van der Waals surface area contributed by atoms with Crippen molar-refractivity contribution in [1.29, 1.82) is 0 Å². The summed E-state index contributed by atoms with van der Waals surface area (Å²) in [5.74, 6) is -56.5. The van der Waals surface area contributed by atoms with E-state index in [-0.39, 0.29) is 4.31 Å². The van der Waals surface area contributed by atoms with Crippen LogP contribution in [-0.4, -0.2) is 74.3 Å². The Bertz CT molecular complexity index is 719. The van der Waals surface area contributed by atoms with Gasteiger partial charge in [0.15, 0.2) is 0 Å². The van der Waals surface area contributed by atoms with Crippen LogP contribution in [0, 0.1) is 0 Å². The van der Waals surface area contributed by atoms with Crippen molar-refractivity contribution in [3.05, 3.63) is 0 Å². The van der Waals surface area contributed by atoms with Crippen LogP contribution in [0.15, 0.2) is 0 Å². The Labute approximate surface area is 174 Å². The van der Waals surface area contributed by atoms with Gasteiger partial charge in [-0.1, -0.05) is 0 Å². The monoisotopic (exact) mass is 555 g/mol. The third-order valence-electron chi connectivity index (χ3n) is 4.02. The molecule has 0 aliphatic carbocycles. The molecule has 0 saturated heterocycles. The smallest absolute Gasteiger partial charge is 0.294 e. The SMILES string of the molecule is CN(CCCC(F)(F)C(F)(F)C(F)(F)C(F)(F)C(F)(F)C(F)(F)C(F)(F)C(F)(F)F)S(=O)O. The third-order valence-corrected chi connectivity index (χ3v) is 4.73. The zero-order valence-electron chi connectivity index (χ0n) is 15.3. The van der Waals surface area contributed by atoms with Crippen LogP contribution in [0.3, 0.4) is 0 Å². The van der Waals surface area contributed by atoms with Crippen LogP contribution in [0.4, 0.5) is 74.6 Å². The second-order valence-corrected chi connectivity index (χ2v) is 7.42. The summed E-state index contributed by atoms with van der Waals surface area (Å²) >= 11 is -2.94. The zero-order valence-corrected chi connectivity index (χ0v) is 16.1. The van der Waals surface area contributed by atoms with Gasteiger partial charge in [0.05, 0.1) is 0 Å². The Balaban J connectivity index is 6.34. The van der Waals surface area contributed by atoms with Crippen molar-refractivity contribution >= 4 is 11.3 Å². The lowest BCUT2D eigenvalue weighted by molar-refractivity contribution is -0.461. The minimum absolute atomic E-state index is 0.189. The molecule has 0 aromatic rings. The average molecular weight is 555 g/mol. The Morgan fingerprint density at radius 1 is 0.606 bits per heavy atom. The van der Waals surface area contributed by atoms with Crippen molar-refractivity contribution in [3.63, 3.8) is 0 Å². The fourth-order valence-corrected chi connectivity index (χ4v) is 2.24. The lowest BCUT2D eigenvalue weighted by Crippen LogP contribution is -2.74. The van der Waals surface area contributed by atoms with Crippen LogP contribution in [0.2, 0.25) is 0 Å². The second-order valence-electron chi connectivity index (χ2n) is 6.33. The number of hydrogen-bond acceptors (Lipinski definition) is 1. The Kier molecular flexibility index (Phi) is 8.53. The van der Waals surface area contributed by atoms with Crippen molar-refractivity contribution in [2.75, 3.05) is 13.6 Å². The maximum Gasteiger partial charge on any atom is 0.460 e. The molecule has 1 atom stereocenters. The van der Waals surface area contributed by atoms with Crippen LogP contribution < -0.4 is 0 Å². The Morgan fingerprint density at radius 2 is 0.909 bits per heavy atom. The topological polar surface area (TPSA) is 40.5 Å². The second kappa shape index (κ2) is 8.83. The molecule has 0 bridgehead atoms. The lowest BCUT2D eigenvalue weighted by Gasteiger charge is -2.42. The number of halogens is 17. The number of nitrogens with zero attached hydrogens (tertiary/aromatic N) is 1. The van der Waals surface area contributed by atoms with Crippen molar-refractivity contribution < 1.29 is 83.4 Å². The molecular formula is C12H10F17NO2S. The first-order chi connectivity index (χ1) is 14.1. The summed E-state index contributed by atoms with van der Waals surface area (Å²) in [6, 6.07) is 0. The molecule has 1 N–H and O–H groups in total. The third kappa shape index (κ3) is 4.85. The molecule has 21 heteroatoms. The van der Waals surface area contributed by atoms with Crippen LogP contribution >= 0.6 is 0 Å². The molecule has 0 radical (unpaired) electrons. The molecule has 200 valence electrons. The molecule has 0 spiro atoms. The molecule has 0 saturated carbocycles. The largest absolute Gasteiger partial charge is 0.460 e. The average Bonchev–Trinajstić information content (AvgIpc) is 2.59.